The van der Waals surface area contributed by atoms with Crippen molar-refractivity contribution < 1.29 is 22.2 Å². The first-order valence-corrected chi connectivity index (χ1v) is 1.22. The summed E-state index contributed by atoms with van der Waals surface area (Å²) in [4.78, 5) is 0. The molecule has 0 unspecified atom stereocenters. The second-order valence-corrected chi connectivity index (χ2v) is 0.512. The van der Waals surface area contributed by atoms with Gasteiger partial charge in [-0.3, -0.25) is 0 Å². The van der Waals surface area contributed by atoms with Crippen LogP contribution in [0.2, 0.25) is 0 Å². The molecule has 41 valence electrons. The van der Waals surface area contributed by atoms with E-state index in [1.54, 1.807) is 0 Å². The van der Waals surface area contributed by atoms with Gasteiger partial charge in [0.05, 0.1) is 6.61 Å². The van der Waals surface area contributed by atoms with E-state index in [1.165, 1.54) is 0 Å². The zero-order valence-corrected chi connectivity index (χ0v) is 5.22. The molecule has 0 bridgehead atoms. The molecular weight excluding hydrogens is 144 g/mol. The van der Waals surface area contributed by atoms with E-state index in [0.29, 0.717) is 6.54 Å². The first-order valence-electron chi connectivity index (χ1n) is 1.22. The van der Waals surface area contributed by atoms with Crippen LogP contribution in [-0.4, -0.2) is 18.3 Å². The van der Waals surface area contributed by atoms with Crippen LogP contribution in [-0.2, 0) is 17.1 Å². The van der Waals surface area contributed by atoms with Gasteiger partial charge in [0, 0.05) is 23.6 Å². The average molecular weight is 152 g/mol. The molecule has 1 radical (unpaired) electrons. The van der Waals surface area contributed by atoms with Gasteiger partial charge in [-0.15, -0.1) is 12.4 Å². The molecule has 3 N–H and O–H groups in total. The van der Waals surface area contributed by atoms with Crippen molar-refractivity contribution >= 4 is 12.4 Å². The van der Waals surface area contributed by atoms with Gasteiger partial charge < -0.3 is 10.8 Å². The fourth-order valence-corrected chi connectivity index (χ4v) is 0. The number of rotatable bonds is 1. The van der Waals surface area contributed by atoms with Crippen LogP contribution in [0.3, 0.4) is 0 Å². The van der Waals surface area contributed by atoms with Gasteiger partial charge in [-0.05, 0) is 0 Å². The van der Waals surface area contributed by atoms with Crippen LogP contribution in [0.4, 0.5) is 0 Å². The Balaban J connectivity index is -0.0000000450. The standard InChI is InChI=1S/C2H7NO.ClH.Mn/c3-1-2-4;;/h4H,1-3H2;1H;. The second-order valence-electron chi connectivity index (χ2n) is 0.512. The minimum absolute atomic E-state index is 0. The molecule has 0 aliphatic rings. The number of aliphatic hydroxyl groups is 1. The summed E-state index contributed by atoms with van der Waals surface area (Å²) in [5, 5.41) is 7.75. The molecule has 2 nitrogen and oxygen atoms in total. The maximum absolute atomic E-state index is 7.75. The Bertz CT molecular complexity index is 15.5. The molecule has 0 spiro atoms. The summed E-state index contributed by atoms with van der Waals surface area (Å²) in [6.45, 7) is 0.472. The van der Waals surface area contributed by atoms with Crippen molar-refractivity contribution in [3.8, 4) is 0 Å². The maximum Gasteiger partial charge on any atom is 0.0553 e. The predicted molar refractivity (Wildman–Crippen MR) is 23.4 cm³/mol. The largest absolute Gasteiger partial charge is 0.395 e. The molecule has 0 atom stereocenters. The molecular formula is C2H8ClMnNO. The molecule has 6 heavy (non-hydrogen) atoms. The molecule has 0 saturated carbocycles. The van der Waals surface area contributed by atoms with Gasteiger partial charge in [0.2, 0.25) is 0 Å². The van der Waals surface area contributed by atoms with Crippen molar-refractivity contribution in [1.29, 1.82) is 0 Å². The monoisotopic (exact) mass is 152 g/mol. The zero-order valence-electron chi connectivity index (χ0n) is 3.22. The summed E-state index contributed by atoms with van der Waals surface area (Å²) in [5.74, 6) is 0. The molecule has 0 aliphatic carbocycles. The minimum atomic E-state index is 0. The Kier molecular flexibility index (Phi) is 45.5. The molecule has 0 aromatic carbocycles. The fraction of sp³-hybridized carbons (Fsp3) is 1.00. The van der Waals surface area contributed by atoms with Crippen molar-refractivity contribution in [2.75, 3.05) is 13.2 Å². The molecule has 0 saturated heterocycles. The fourth-order valence-electron chi connectivity index (χ4n) is 0. The van der Waals surface area contributed by atoms with Crippen LogP contribution >= 0.6 is 12.4 Å². The third kappa shape index (κ3) is 22.0. The quantitative estimate of drug-likeness (QED) is 0.491. The van der Waals surface area contributed by atoms with E-state index in [2.05, 4.69) is 0 Å². The third-order valence-electron chi connectivity index (χ3n) is 0.129. The van der Waals surface area contributed by atoms with E-state index in [9.17, 15) is 0 Å². The smallest absolute Gasteiger partial charge is 0.0553 e. The van der Waals surface area contributed by atoms with Crippen molar-refractivity contribution in [3.63, 3.8) is 0 Å². The molecule has 0 amide bonds. The van der Waals surface area contributed by atoms with Gasteiger partial charge >= 0.3 is 0 Å². The number of hydrogen-bond acceptors (Lipinski definition) is 2. The molecule has 0 fully saturated rings. The van der Waals surface area contributed by atoms with E-state index >= 15 is 0 Å². The average Bonchev–Trinajstić information content (AvgIpc) is 1.37. The van der Waals surface area contributed by atoms with Gasteiger partial charge in [-0.25, -0.2) is 0 Å². The second kappa shape index (κ2) is 17.2. The maximum atomic E-state index is 7.75. The molecule has 4 heteroatoms. The summed E-state index contributed by atoms with van der Waals surface area (Å²) in [6, 6.07) is 0. The predicted octanol–water partition coefficient (Wildman–Crippen LogP) is -0.643. The van der Waals surface area contributed by atoms with Crippen molar-refractivity contribution in [2.45, 2.75) is 0 Å². The summed E-state index contributed by atoms with van der Waals surface area (Å²) in [7, 11) is 0. The van der Waals surface area contributed by atoms with Crippen LogP contribution in [0.25, 0.3) is 0 Å². The summed E-state index contributed by atoms with van der Waals surface area (Å²) in [5.41, 5.74) is 4.78. The summed E-state index contributed by atoms with van der Waals surface area (Å²) >= 11 is 0. The van der Waals surface area contributed by atoms with Gasteiger partial charge in [-0.1, -0.05) is 0 Å². The van der Waals surface area contributed by atoms with E-state index in [-0.39, 0.29) is 36.1 Å². The van der Waals surface area contributed by atoms with E-state index in [1.807, 2.05) is 0 Å². The zero-order chi connectivity index (χ0) is 3.41. The van der Waals surface area contributed by atoms with Gasteiger partial charge in [-0.2, -0.15) is 0 Å². The van der Waals surface area contributed by atoms with Crippen molar-refractivity contribution in [2.24, 2.45) is 5.73 Å². The van der Waals surface area contributed by atoms with Gasteiger partial charge in [0.15, 0.2) is 0 Å². The van der Waals surface area contributed by atoms with Crippen LogP contribution in [0.5, 0.6) is 0 Å². The van der Waals surface area contributed by atoms with Gasteiger partial charge in [0.1, 0.15) is 0 Å². The summed E-state index contributed by atoms with van der Waals surface area (Å²) in [6.07, 6.45) is 0. The number of aliphatic hydroxyl groups excluding tert-OH is 1. The van der Waals surface area contributed by atoms with E-state index in [4.69, 9.17) is 10.8 Å². The Morgan fingerprint density at radius 3 is 1.67 bits per heavy atom. The normalized spacial score (nSPS) is 5.00. The number of halogens is 1. The molecule has 0 heterocycles. The molecule has 0 aromatic rings. The van der Waals surface area contributed by atoms with E-state index in [0.717, 1.165) is 0 Å². The number of nitrogens with two attached hydrogens (primary N) is 1. The Morgan fingerprint density at radius 1 is 1.50 bits per heavy atom. The van der Waals surface area contributed by atoms with Crippen LogP contribution < -0.4 is 5.73 Å². The number of hydrogen-bond donors (Lipinski definition) is 2. The van der Waals surface area contributed by atoms with Crippen LogP contribution in [0.1, 0.15) is 0 Å². The topological polar surface area (TPSA) is 46.2 Å². The van der Waals surface area contributed by atoms with Gasteiger partial charge in [0.25, 0.3) is 0 Å². The Hall–Kier alpha value is 0.729. The Labute approximate surface area is 54.0 Å². The molecule has 0 rings (SSSR count). The first kappa shape index (κ1) is 15.9. The van der Waals surface area contributed by atoms with Crippen LogP contribution in [0, 0.1) is 0 Å². The first-order chi connectivity index (χ1) is 1.91. The SMILES string of the molecule is Cl.NCCO.[Mn]. The Morgan fingerprint density at radius 2 is 1.67 bits per heavy atom. The summed E-state index contributed by atoms with van der Waals surface area (Å²) < 4.78 is 0. The van der Waals surface area contributed by atoms with Crippen molar-refractivity contribution in [1.82, 2.24) is 0 Å². The molecule has 0 aliphatic heterocycles. The third-order valence-corrected chi connectivity index (χ3v) is 0.129. The van der Waals surface area contributed by atoms with E-state index < -0.39 is 0 Å². The minimum Gasteiger partial charge on any atom is -0.395 e. The van der Waals surface area contributed by atoms with Crippen LogP contribution in [0.15, 0.2) is 0 Å². The van der Waals surface area contributed by atoms with Crippen molar-refractivity contribution in [3.05, 3.63) is 0 Å². The molecule has 0 aromatic heterocycles.